The molecule has 1 unspecified atom stereocenters. The molecule has 2 N–H and O–H groups in total. The second-order valence-corrected chi connectivity index (χ2v) is 3.31. The Bertz CT molecular complexity index is 382. The van der Waals surface area contributed by atoms with Crippen molar-refractivity contribution in [2.45, 2.75) is 6.42 Å². The van der Waals surface area contributed by atoms with Gasteiger partial charge in [-0.25, -0.2) is 4.79 Å². The quantitative estimate of drug-likeness (QED) is 0.676. The lowest BCUT2D eigenvalue weighted by molar-refractivity contribution is -0.146. The molecule has 1 aromatic carbocycles. The van der Waals surface area contributed by atoms with Crippen LogP contribution in [0.15, 0.2) is 24.3 Å². The number of benzene rings is 1. The van der Waals surface area contributed by atoms with Crippen LogP contribution in [0.3, 0.4) is 0 Å². The van der Waals surface area contributed by atoms with Crippen LogP contribution in [-0.2, 0) is 20.8 Å². The van der Waals surface area contributed by atoms with Gasteiger partial charge in [-0.2, -0.15) is 5.48 Å². The normalized spacial score (nSPS) is 19.9. The van der Waals surface area contributed by atoms with Gasteiger partial charge in [-0.05, 0) is 24.1 Å². The van der Waals surface area contributed by atoms with E-state index in [-0.39, 0.29) is 12.2 Å². The first kappa shape index (κ1) is 9.51. The van der Waals surface area contributed by atoms with Crippen molar-refractivity contribution in [3.05, 3.63) is 29.8 Å². The van der Waals surface area contributed by atoms with E-state index < -0.39 is 17.8 Å². The Morgan fingerprint density at radius 1 is 1.27 bits per heavy atom. The average molecular weight is 207 g/mol. The summed E-state index contributed by atoms with van der Waals surface area (Å²) < 4.78 is 0. The Kier molecular flexibility index (Phi) is 2.29. The predicted molar refractivity (Wildman–Crippen MR) is 49.5 cm³/mol. The molecule has 78 valence electrons. The van der Waals surface area contributed by atoms with Crippen molar-refractivity contribution in [2.75, 3.05) is 0 Å². The number of hydrogen-bond acceptors (Lipinski definition) is 4. The maximum atomic E-state index is 11.1. The molecule has 0 radical (unpaired) electrons. The van der Waals surface area contributed by atoms with Gasteiger partial charge in [0.2, 0.25) is 0 Å². The Labute approximate surface area is 85.6 Å². The van der Waals surface area contributed by atoms with E-state index in [1.165, 1.54) is 12.1 Å². The summed E-state index contributed by atoms with van der Waals surface area (Å²) in [4.78, 5) is 26.6. The van der Waals surface area contributed by atoms with Gasteiger partial charge in [-0.15, -0.1) is 0 Å². The Morgan fingerprint density at radius 3 is 2.47 bits per heavy atom. The highest BCUT2D eigenvalue weighted by Crippen LogP contribution is 2.16. The molecular weight excluding hydrogens is 198 g/mol. The highest BCUT2D eigenvalue weighted by atomic mass is 16.7. The summed E-state index contributed by atoms with van der Waals surface area (Å²) in [5.41, 5.74) is 2.81. The van der Waals surface area contributed by atoms with Gasteiger partial charge >= 0.3 is 5.97 Å². The summed E-state index contributed by atoms with van der Waals surface area (Å²) in [5, 5.41) is 9.05. The zero-order chi connectivity index (χ0) is 10.8. The largest absolute Gasteiger partial charge is 0.508 e. The van der Waals surface area contributed by atoms with Gasteiger partial charge in [0.25, 0.3) is 5.91 Å². The minimum Gasteiger partial charge on any atom is -0.508 e. The monoisotopic (exact) mass is 207 g/mol. The molecule has 1 fully saturated rings. The number of aromatic hydroxyl groups is 1. The summed E-state index contributed by atoms with van der Waals surface area (Å²) in [6, 6.07) is 6.34. The summed E-state index contributed by atoms with van der Waals surface area (Å²) >= 11 is 0. The summed E-state index contributed by atoms with van der Waals surface area (Å²) in [7, 11) is 0. The van der Waals surface area contributed by atoms with E-state index in [9.17, 15) is 9.59 Å². The molecule has 0 bridgehead atoms. The lowest BCUT2D eigenvalue weighted by atomic mass is 9.99. The molecule has 1 aromatic rings. The maximum absolute atomic E-state index is 11.1. The highest BCUT2D eigenvalue weighted by molar-refractivity contribution is 6.01. The minimum absolute atomic E-state index is 0.150. The summed E-state index contributed by atoms with van der Waals surface area (Å²) in [6.07, 6.45) is 0.283. The lowest BCUT2D eigenvalue weighted by Crippen LogP contribution is -2.21. The predicted octanol–water partition coefficient (Wildman–Crippen LogP) is 0.139. The van der Waals surface area contributed by atoms with Crippen molar-refractivity contribution >= 4 is 11.9 Å². The lowest BCUT2D eigenvalue weighted by Gasteiger charge is -2.02. The fourth-order valence-electron chi connectivity index (χ4n) is 1.39. The SMILES string of the molecule is O=C1NOC(=O)C1Cc1ccc(O)cc1. The van der Waals surface area contributed by atoms with E-state index in [0.717, 1.165) is 5.56 Å². The standard InChI is InChI=1S/C10H9NO4/c12-7-3-1-6(2-4-7)5-8-9(13)11-15-10(8)14/h1-4,8,12H,5H2,(H,11,13). The molecule has 1 aliphatic heterocycles. The van der Waals surface area contributed by atoms with Crippen molar-refractivity contribution in [1.82, 2.24) is 5.48 Å². The average Bonchev–Trinajstić information content (AvgIpc) is 2.53. The van der Waals surface area contributed by atoms with Crippen molar-refractivity contribution in [3.63, 3.8) is 0 Å². The zero-order valence-corrected chi connectivity index (χ0v) is 7.77. The van der Waals surface area contributed by atoms with Crippen molar-refractivity contribution in [1.29, 1.82) is 0 Å². The number of phenolic OH excluding ortho intramolecular Hbond substituents is 1. The molecule has 2 rings (SSSR count). The zero-order valence-electron chi connectivity index (χ0n) is 7.77. The van der Waals surface area contributed by atoms with Crippen LogP contribution >= 0.6 is 0 Å². The van der Waals surface area contributed by atoms with Crippen LogP contribution in [0.2, 0.25) is 0 Å². The van der Waals surface area contributed by atoms with Crippen LogP contribution in [0.5, 0.6) is 5.75 Å². The van der Waals surface area contributed by atoms with Crippen LogP contribution in [0, 0.1) is 5.92 Å². The van der Waals surface area contributed by atoms with Gasteiger partial charge in [0.1, 0.15) is 11.7 Å². The Balaban J connectivity index is 2.11. The van der Waals surface area contributed by atoms with Crippen LogP contribution in [0.4, 0.5) is 0 Å². The van der Waals surface area contributed by atoms with Crippen LogP contribution in [0.25, 0.3) is 0 Å². The number of carbonyl (C=O) groups excluding carboxylic acids is 2. The van der Waals surface area contributed by atoms with E-state index in [4.69, 9.17) is 5.11 Å². The number of nitrogens with one attached hydrogen (secondary N) is 1. The molecule has 1 heterocycles. The molecule has 5 heteroatoms. The molecule has 15 heavy (non-hydrogen) atoms. The summed E-state index contributed by atoms with van der Waals surface area (Å²) in [6.45, 7) is 0. The molecule has 0 spiro atoms. The third-order valence-electron chi connectivity index (χ3n) is 2.23. The van der Waals surface area contributed by atoms with Gasteiger partial charge in [-0.3, -0.25) is 4.79 Å². The number of carbonyl (C=O) groups is 2. The van der Waals surface area contributed by atoms with E-state index >= 15 is 0 Å². The van der Waals surface area contributed by atoms with Gasteiger partial charge in [0.15, 0.2) is 0 Å². The van der Waals surface area contributed by atoms with Gasteiger partial charge in [-0.1, -0.05) is 12.1 Å². The van der Waals surface area contributed by atoms with Crippen LogP contribution in [-0.4, -0.2) is 17.0 Å². The van der Waals surface area contributed by atoms with E-state index in [1.807, 2.05) is 5.48 Å². The number of hydroxylamine groups is 1. The third-order valence-corrected chi connectivity index (χ3v) is 2.23. The van der Waals surface area contributed by atoms with Crippen LogP contribution in [0.1, 0.15) is 5.56 Å². The van der Waals surface area contributed by atoms with Gasteiger partial charge in [0, 0.05) is 0 Å². The molecule has 1 amide bonds. The Hall–Kier alpha value is -2.04. The molecule has 1 saturated heterocycles. The van der Waals surface area contributed by atoms with E-state index in [2.05, 4.69) is 4.84 Å². The number of amides is 1. The van der Waals surface area contributed by atoms with Crippen molar-refractivity contribution < 1.29 is 19.5 Å². The molecule has 5 nitrogen and oxygen atoms in total. The smallest absolute Gasteiger partial charge is 0.345 e. The topological polar surface area (TPSA) is 75.6 Å². The molecule has 0 aromatic heterocycles. The maximum Gasteiger partial charge on any atom is 0.345 e. The number of phenols is 1. The molecule has 1 aliphatic rings. The van der Waals surface area contributed by atoms with Crippen molar-refractivity contribution in [2.24, 2.45) is 5.92 Å². The van der Waals surface area contributed by atoms with Gasteiger partial charge in [0.05, 0.1) is 0 Å². The summed E-state index contributed by atoms with van der Waals surface area (Å²) in [5.74, 6) is -1.62. The molecule has 0 saturated carbocycles. The fourth-order valence-corrected chi connectivity index (χ4v) is 1.39. The molecule has 1 atom stereocenters. The van der Waals surface area contributed by atoms with E-state index in [1.54, 1.807) is 12.1 Å². The molecular formula is C10H9NO4. The van der Waals surface area contributed by atoms with Crippen LogP contribution < -0.4 is 5.48 Å². The number of hydrogen-bond donors (Lipinski definition) is 2. The number of rotatable bonds is 2. The fraction of sp³-hybridized carbons (Fsp3) is 0.200. The first-order chi connectivity index (χ1) is 7.16. The second kappa shape index (κ2) is 3.61. The Morgan fingerprint density at radius 2 is 1.93 bits per heavy atom. The van der Waals surface area contributed by atoms with Gasteiger partial charge < -0.3 is 9.94 Å². The molecule has 0 aliphatic carbocycles. The second-order valence-electron chi connectivity index (χ2n) is 3.31. The third kappa shape index (κ3) is 1.90. The van der Waals surface area contributed by atoms with E-state index in [0.29, 0.717) is 0 Å². The first-order valence-electron chi connectivity index (χ1n) is 4.45. The first-order valence-corrected chi connectivity index (χ1v) is 4.45. The highest BCUT2D eigenvalue weighted by Gasteiger charge is 2.35. The minimum atomic E-state index is -0.783. The van der Waals surface area contributed by atoms with Crippen molar-refractivity contribution in [3.8, 4) is 5.75 Å².